The van der Waals surface area contributed by atoms with Gasteiger partial charge in [-0.05, 0) is 30.5 Å². The molecule has 0 bridgehead atoms. The molecular formula is C20H18N2O3. The molecule has 0 saturated heterocycles. The first-order valence-electron chi connectivity index (χ1n) is 8.58. The number of carbonyl (C=O) groups is 1. The molecule has 5 rings (SSSR count). The molecule has 1 aliphatic carbocycles. The zero-order valence-corrected chi connectivity index (χ0v) is 13.8. The van der Waals surface area contributed by atoms with Crippen molar-refractivity contribution >= 4 is 16.8 Å². The van der Waals surface area contributed by atoms with E-state index in [1.165, 1.54) is 0 Å². The Labute approximate surface area is 144 Å². The molecule has 25 heavy (non-hydrogen) atoms. The van der Waals surface area contributed by atoms with Crippen LogP contribution < -0.4 is 4.74 Å². The van der Waals surface area contributed by atoms with E-state index in [0.717, 1.165) is 29.7 Å². The number of Topliss-reactive ketones (excluding diaryl/α,β-unsaturated/α-hetero) is 1. The number of fused-ring (bicyclic) bond motifs is 3. The molecule has 2 heterocycles. The summed E-state index contributed by atoms with van der Waals surface area (Å²) in [7, 11) is 2.00. The van der Waals surface area contributed by atoms with Crippen molar-refractivity contribution in [3.63, 3.8) is 0 Å². The average Bonchev–Trinajstić information content (AvgIpc) is 3.42. The summed E-state index contributed by atoms with van der Waals surface area (Å²) < 4.78 is 8.22. The number of ketones is 1. The van der Waals surface area contributed by atoms with Crippen LogP contribution in [-0.2, 0) is 7.05 Å². The molecule has 1 fully saturated rings. The highest BCUT2D eigenvalue weighted by Crippen LogP contribution is 2.44. The van der Waals surface area contributed by atoms with Crippen LogP contribution in [0.3, 0.4) is 0 Å². The van der Waals surface area contributed by atoms with Crippen LogP contribution in [0.4, 0.5) is 0 Å². The van der Waals surface area contributed by atoms with Crippen LogP contribution in [-0.4, -0.2) is 26.5 Å². The Morgan fingerprint density at radius 2 is 1.92 bits per heavy atom. The van der Waals surface area contributed by atoms with Gasteiger partial charge in [0.05, 0.1) is 11.1 Å². The fraction of sp³-hybridized carbons (Fsp3) is 0.300. The van der Waals surface area contributed by atoms with E-state index in [1.54, 1.807) is 6.07 Å². The molecule has 3 aromatic rings. The van der Waals surface area contributed by atoms with Gasteiger partial charge in [0.15, 0.2) is 23.7 Å². The number of nitrogens with zero attached hydrogens (tertiary/aromatic N) is 2. The number of aryl methyl sites for hydroxylation is 1. The Kier molecular flexibility index (Phi) is 3.03. The molecule has 2 atom stereocenters. The molecule has 126 valence electrons. The van der Waals surface area contributed by atoms with Crippen molar-refractivity contribution in [2.75, 3.05) is 0 Å². The Bertz CT molecular complexity index is 989. The lowest BCUT2D eigenvalue weighted by molar-refractivity contribution is 0.0223. The highest BCUT2D eigenvalue weighted by molar-refractivity contribution is 6.07. The minimum atomic E-state index is -1.21. The monoisotopic (exact) mass is 334 g/mol. The molecule has 5 heteroatoms. The molecule has 1 N–H and O–H groups in total. The first-order valence-corrected chi connectivity index (χ1v) is 8.58. The van der Waals surface area contributed by atoms with E-state index in [2.05, 4.69) is 4.57 Å². The molecule has 0 unspecified atom stereocenters. The number of aromatic nitrogens is 2. The van der Waals surface area contributed by atoms with E-state index in [0.29, 0.717) is 22.7 Å². The van der Waals surface area contributed by atoms with Crippen molar-refractivity contribution in [2.24, 2.45) is 7.05 Å². The second kappa shape index (κ2) is 5.17. The van der Waals surface area contributed by atoms with Gasteiger partial charge in [0.1, 0.15) is 11.3 Å². The molecule has 5 nitrogen and oxygen atoms in total. The number of hydrogen-bond acceptors (Lipinski definition) is 4. The largest absolute Gasteiger partial charge is 0.479 e. The topological polar surface area (TPSA) is 64.4 Å². The lowest BCUT2D eigenvalue weighted by Gasteiger charge is -2.29. The number of carbonyl (C=O) groups excluding carboxylic acids is 1. The molecule has 0 amide bonds. The number of imidazole rings is 1. The van der Waals surface area contributed by atoms with Crippen LogP contribution in [0.25, 0.3) is 11.0 Å². The summed E-state index contributed by atoms with van der Waals surface area (Å²) in [6.07, 6.45) is 0.395. The molecule has 0 spiro atoms. The minimum Gasteiger partial charge on any atom is -0.479 e. The number of aliphatic hydroxyl groups is 1. The summed E-state index contributed by atoms with van der Waals surface area (Å²) in [6, 6.07) is 13.0. The third kappa shape index (κ3) is 2.12. The summed E-state index contributed by atoms with van der Waals surface area (Å²) in [6.45, 7) is 0. The summed E-state index contributed by atoms with van der Waals surface area (Å²) in [4.78, 5) is 17.5. The Morgan fingerprint density at radius 3 is 2.64 bits per heavy atom. The van der Waals surface area contributed by atoms with E-state index in [9.17, 15) is 9.90 Å². The van der Waals surface area contributed by atoms with E-state index in [4.69, 9.17) is 9.72 Å². The smallest absolute Gasteiger partial charge is 0.199 e. The molecule has 1 aliphatic heterocycles. The van der Waals surface area contributed by atoms with Crippen molar-refractivity contribution in [3.05, 3.63) is 59.4 Å². The molecule has 0 radical (unpaired) electrons. The van der Waals surface area contributed by atoms with Gasteiger partial charge in [-0.25, -0.2) is 4.98 Å². The second-order valence-corrected chi connectivity index (χ2v) is 6.87. The van der Waals surface area contributed by atoms with Gasteiger partial charge in [-0.15, -0.1) is 0 Å². The lowest BCUT2D eigenvalue weighted by atomic mass is 9.93. The Hall–Kier alpha value is -2.66. The minimum absolute atomic E-state index is 0.310. The first kappa shape index (κ1) is 14.7. The predicted octanol–water partition coefficient (Wildman–Crippen LogP) is 3.13. The van der Waals surface area contributed by atoms with Crippen LogP contribution in [0, 0.1) is 0 Å². The zero-order chi connectivity index (χ0) is 17.1. The van der Waals surface area contributed by atoms with Gasteiger partial charge in [-0.1, -0.05) is 30.3 Å². The van der Waals surface area contributed by atoms with Gasteiger partial charge < -0.3 is 14.4 Å². The third-order valence-corrected chi connectivity index (χ3v) is 5.18. The second-order valence-electron chi connectivity index (χ2n) is 6.87. The quantitative estimate of drug-likeness (QED) is 0.782. The highest BCUT2D eigenvalue weighted by atomic mass is 16.5. The van der Waals surface area contributed by atoms with E-state index < -0.39 is 12.2 Å². The van der Waals surface area contributed by atoms with Gasteiger partial charge in [0.2, 0.25) is 0 Å². The van der Waals surface area contributed by atoms with E-state index in [-0.39, 0.29) is 5.78 Å². The number of rotatable bonds is 2. The Balaban J connectivity index is 1.69. The lowest BCUT2D eigenvalue weighted by Crippen LogP contribution is -2.36. The maximum atomic E-state index is 12.7. The van der Waals surface area contributed by atoms with E-state index >= 15 is 0 Å². The van der Waals surface area contributed by atoms with Crippen LogP contribution in [0.15, 0.2) is 42.5 Å². The fourth-order valence-electron chi connectivity index (χ4n) is 3.65. The summed E-state index contributed by atoms with van der Waals surface area (Å²) >= 11 is 0. The van der Waals surface area contributed by atoms with Gasteiger partial charge in [-0.2, -0.15) is 0 Å². The molecule has 1 aromatic heterocycles. The predicted molar refractivity (Wildman–Crippen MR) is 92.8 cm³/mol. The normalized spacial score (nSPS) is 22.7. The first-order chi connectivity index (χ1) is 12.1. The van der Waals surface area contributed by atoms with E-state index in [1.807, 2.05) is 43.4 Å². The maximum absolute atomic E-state index is 12.7. The molecular weight excluding hydrogens is 316 g/mol. The summed E-state index contributed by atoms with van der Waals surface area (Å²) in [5, 5.41) is 10.5. The maximum Gasteiger partial charge on any atom is 0.199 e. The van der Waals surface area contributed by atoms with Gasteiger partial charge in [0, 0.05) is 13.0 Å². The highest BCUT2D eigenvalue weighted by Gasteiger charge is 2.39. The van der Waals surface area contributed by atoms with Crippen molar-refractivity contribution in [3.8, 4) is 5.75 Å². The number of aliphatic hydroxyl groups excluding tert-OH is 1. The molecule has 2 aromatic carbocycles. The molecule has 1 saturated carbocycles. The van der Waals surface area contributed by atoms with Crippen LogP contribution in [0.5, 0.6) is 5.75 Å². The van der Waals surface area contributed by atoms with Gasteiger partial charge in [0.25, 0.3) is 0 Å². The van der Waals surface area contributed by atoms with Crippen molar-refractivity contribution in [2.45, 2.75) is 31.0 Å². The van der Waals surface area contributed by atoms with Crippen molar-refractivity contribution < 1.29 is 14.6 Å². The van der Waals surface area contributed by atoms with Crippen molar-refractivity contribution in [1.29, 1.82) is 0 Å². The standard InChI is InChI=1S/C20H18N2O3/c1-22-14-10-9-13-16(23)17(24)18(11-5-3-2-4-6-11)25-19(13)15(14)21-20(22)12-7-8-12/h2-6,9-10,12,17-18,24H,7-8H2,1H3/t17-,18+/m0/s1. The SMILES string of the molecule is Cn1c(C2CC2)nc2c3c(ccc21)C(=O)[C@H](O)[C@@H](c1ccccc1)O3. The van der Waals surface area contributed by atoms with Crippen LogP contribution in [0.1, 0.15) is 46.6 Å². The van der Waals surface area contributed by atoms with Gasteiger partial charge in [-0.3, -0.25) is 4.79 Å². The average molecular weight is 334 g/mol. The number of ether oxygens (including phenoxy) is 1. The van der Waals surface area contributed by atoms with Crippen LogP contribution >= 0.6 is 0 Å². The summed E-state index contributed by atoms with van der Waals surface area (Å²) in [5.74, 6) is 1.73. The summed E-state index contributed by atoms with van der Waals surface area (Å²) in [5.41, 5.74) is 2.86. The third-order valence-electron chi connectivity index (χ3n) is 5.18. The van der Waals surface area contributed by atoms with Gasteiger partial charge >= 0.3 is 0 Å². The fourth-order valence-corrected chi connectivity index (χ4v) is 3.65. The number of benzene rings is 2. The van der Waals surface area contributed by atoms with Crippen LogP contribution in [0.2, 0.25) is 0 Å². The molecule has 2 aliphatic rings. The van der Waals surface area contributed by atoms with Crippen molar-refractivity contribution in [1.82, 2.24) is 9.55 Å². The zero-order valence-electron chi connectivity index (χ0n) is 13.8. The number of hydrogen-bond donors (Lipinski definition) is 1. The Morgan fingerprint density at radius 1 is 1.16 bits per heavy atom.